The predicted octanol–water partition coefficient (Wildman–Crippen LogP) is 1.41. The Labute approximate surface area is 145 Å². The van der Waals surface area contributed by atoms with Crippen molar-refractivity contribution in [2.24, 2.45) is 4.99 Å². The van der Waals surface area contributed by atoms with Crippen LogP contribution in [0.3, 0.4) is 0 Å². The maximum atomic E-state index is 11.0. The maximum absolute atomic E-state index is 11.0. The fraction of sp³-hybridized carbons (Fsp3) is 0.588. The number of hydrogen-bond acceptors (Lipinski definition) is 4. The largest absolute Gasteiger partial charge is 0.379 e. The first-order valence-corrected chi connectivity index (χ1v) is 10.3. The minimum atomic E-state index is -2.96. The van der Waals surface area contributed by atoms with Gasteiger partial charge in [-0.3, -0.25) is 4.99 Å². The lowest BCUT2D eigenvalue weighted by atomic mass is 10.0. The second-order valence-corrected chi connectivity index (χ2v) is 7.96. The van der Waals surface area contributed by atoms with Crippen LogP contribution < -0.4 is 10.6 Å². The van der Waals surface area contributed by atoms with Crippen LogP contribution in [0, 0.1) is 0 Å². The normalized spacial score (nSPS) is 13.5. The molecule has 0 fully saturated rings. The van der Waals surface area contributed by atoms with Crippen LogP contribution >= 0.6 is 0 Å². The van der Waals surface area contributed by atoms with Crippen molar-refractivity contribution < 1.29 is 13.2 Å². The van der Waals surface area contributed by atoms with Crippen LogP contribution in [-0.2, 0) is 14.6 Å². The molecule has 1 aromatic rings. The average molecular weight is 356 g/mol. The predicted molar refractivity (Wildman–Crippen MR) is 99.4 cm³/mol. The smallest absolute Gasteiger partial charge is 0.191 e. The summed E-state index contributed by atoms with van der Waals surface area (Å²) in [6, 6.07) is 10.3. The SMILES string of the molecule is CCNC(=NCC(C)c1ccccc1)NCCOCCS(C)(=O)=O. The van der Waals surface area contributed by atoms with E-state index in [1.807, 2.05) is 25.1 Å². The highest BCUT2D eigenvalue weighted by molar-refractivity contribution is 7.90. The number of ether oxygens (including phenoxy) is 1. The van der Waals surface area contributed by atoms with Gasteiger partial charge in [0.1, 0.15) is 9.84 Å². The number of benzene rings is 1. The standard InChI is InChI=1S/C17H29N3O3S/c1-4-18-17(19-10-11-23-12-13-24(3,21)22)20-14-15(2)16-8-6-5-7-9-16/h5-9,15H,4,10-14H2,1-3H3,(H2,18,19,20). The van der Waals surface area contributed by atoms with E-state index in [4.69, 9.17) is 4.74 Å². The molecule has 136 valence electrons. The minimum Gasteiger partial charge on any atom is -0.379 e. The highest BCUT2D eigenvalue weighted by atomic mass is 32.2. The van der Waals surface area contributed by atoms with Gasteiger partial charge in [0.2, 0.25) is 0 Å². The summed E-state index contributed by atoms with van der Waals surface area (Å²) in [7, 11) is -2.96. The lowest BCUT2D eigenvalue weighted by molar-refractivity contribution is 0.154. The van der Waals surface area contributed by atoms with Crippen LogP contribution in [0.4, 0.5) is 0 Å². The van der Waals surface area contributed by atoms with Gasteiger partial charge >= 0.3 is 0 Å². The van der Waals surface area contributed by atoms with Gasteiger partial charge in [-0.05, 0) is 12.5 Å². The zero-order chi connectivity index (χ0) is 17.8. The highest BCUT2D eigenvalue weighted by Crippen LogP contribution is 2.14. The van der Waals surface area contributed by atoms with Crippen molar-refractivity contribution in [2.75, 3.05) is 44.9 Å². The number of hydrogen-bond donors (Lipinski definition) is 2. The van der Waals surface area contributed by atoms with Gasteiger partial charge in [-0.25, -0.2) is 8.42 Å². The van der Waals surface area contributed by atoms with Crippen molar-refractivity contribution in [3.05, 3.63) is 35.9 Å². The van der Waals surface area contributed by atoms with Gasteiger partial charge in [0.05, 0.1) is 19.0 Å². The number of sulfone groups is 1. The number of nitrogens with one attached hydrogen (secondary N) is 2. The molecule has 0 aliphatic heterocycles. The lowest BCUT2D eigenvalue weighted by Gasteiger charge is -2.14. The lowest BCUT2D eigenvalue weighted by Crippen LogP contribution is -2.39. The molecule has 1 rings (SSSR count). The average Bonchev–Trinajstić information content (AvgIpc) is 2.55. The maximum Gasteiger partial charge on any atom is 0.191 e. The molecule has 0 saturated heterocycles. The van der Waals surface area contributed by atoms with E-state index in [2.05, 4.69) is 34.7 Å². The second kappa shape index (κ2) is 11.0. The molecule has 6 nitrogen and oxygen atoms in total. The Hall–Kier alpha value is -1.60. The topological polar surface area (TPSA) is 79.8 Å². The van der Waals surface area contributed by atoms with Crippen LogP contribution in [0.2, 0.25) is 0 Å². The molecule has 1 unspecified atom stereocenters. The van der Waals surface area contributed by atoms with Crippen LogP contribution in [0.5, 0.6) is 0 Å². The summed E-state index contributed by atoms with van der Waals surface area (Å²) in [5, 5.41) is 6.38. The molecule has 0 aliphatic carbocycles. The molecule has 0 amide bonds. The molecular formula is C17H29N3O3S. The van der Waals surface area contributed by atoms with Crippen molar-refractivity contribution >= 4 is 15.8 Å². The molecule has 1 aromatic carbocycles. The zero-order valence-electron chi connectivity index (χ0n) is 14.8. The molecular weight excluding hydrogens is 326 g/mol. The highest BCUT2D eigenvalue weighted by Gasteiger charge is 2.05. The Morgan fingerprint density at radius 1 is 1.21 bits per heavy atom. The van der Waals surface area contributed by atoms with Crippen LogP contribution in [0.1, 0.15) is 25.3 Å². The van der Waals surface area contributed by atoms with Crippen LogP contribution in [0.25, 0.3) is 0 Å². The molecule has 0 heterocycles. The Morgan fingerprint density at radius 2 is 1.92 bits per heavy atom. The first kappa shape index (κ1) is 20.4. The minimum absolute atomic E-state index is 0.0513. The Kier molecular flexibility index (Phi) is 9.41. The molecule has 0 aliphatic rings. The third kappa shape index (κ3) is 9.52. The van der Waals surface area contributed by atoms with Gasteiger partial charge in [-0.2, -0.15) is 0 Å². The summed E-state index contributed by atoms with van der Waals surface area (Å²) in [5.41, 5.74) is 1.27. The molecule has 0 saturated carbocycles. The summed E-state index contributed by atoms with van der Waals surface area (Å²) in [6.45, 7) is 6.87. The van der Waals surface area contributed by atoms with E-state index < -0.39 is 9.84 Å². The van der Waals surface area contributed by atoms with Crippen molar-refractivity contribution in [3.63, 3.8) is 0 Å². The first-order valence-electron chi connectivity index (χ1n) is 8.25. The molecule has 0 spiro atoms. The first-order chi connectivity index (χ1) is 11.4. The van der Waals surface area contributed by atoms with Gasteiger partial charge in [0.15, 0.2) is 5.96 Å². The van der Waals surface area contributed by atoms with E-state index in [0.29, 0.717) is 25.6 Å². The monoisotopic (exact) mass is 355 g/mol. The van der Waals surface area contributed by atoms with Gasteiger partial charge in [-0.1, -0.05) is 37.3 Å². The van der Waals surface area contributed by atoms with Gasteiger partial charge in [-0.15, -0.1) is 0 Å². The van der Waals surface area contributed by atoms with E-state index in [0.717, 1.165) is 12.5 Å². The molecule has 0 radical (unpaired) electrons. The summed E-state index contributed by atoms with van der Waals surface area (Å²) in [5.74, 6) is 1.13. The molecule has 24 heavy (non-hydrogen) atoms. The van der Waals surface area contributed by atoms with E-state index in [1.54, 1.807) is 0 Å². The van der Waals surface area contributed by atoms with Crippen molar-refractivity contribution in [1.29, 1.82) is 0 Å². The van der Waals surface area contributed by atoms with E-state index in [-0.39, 0.29) is 12.4 Å². The van der Waals surface area contributed by atoms with Crippen molar-refractivity contribution in [1.82, 2.24) is 10.6 Å². The van der Waals surface area contributed by atoms with E-state index in [9.17, 15) is 8.42 Å². The summed E-state index contributed by atoms with van der Waals surface area (Å²) >= 11 is 0. The Bertz CT molecular complexity index is 588. The fourth-order valence-electron chi connectivity index (χ4n) is 2.01. The van der Waals surface area contributed by atoms with Crippen LogP contribution in [0.15, 0.2) is 35.3 Å². The summed E-state index contributed by atoms with van der Waals surface area (Å²) in [6.07, 6.45) is 1.21. The molecule has 0 bridgehead atoms. The number of aliphatic imine (C=N–C) groups is 1. The molecule has 7 heteroatoms. The second-order valence-electron chi connectivity index (χ2n) is 5.70. The molecule has 2 N–H and O–H groups in total. The van der Waals surface area contributed by atoms with Gasteiger partial charge in [0, 0.05) is 31.8 Å². The Morgan fingerprint density at radius 3 is 2.54 bits per heavy atom. The number of nitrogens with zero attached hydrogens (tertiary/aromatic N) is 1. The number of guanidine groups is 1. The van der Waals surface area contributed by atoms with Gasteiger partial charge < -0.3 is 15.4 Å². The van der Waals surface area contributed by atoms with E-state index >= 15 is 0 Å². The van der Waals surface area contributed by atoms with Crippen molar-refractivity contribution in [2.45, 2.75) is 19.8 Å². The van der Waals surface area contributed by atoms with Crippen molar-refractivity contribution in [3.8, 4) is 0 Å². The third-order valence-corrected chi connectivity index (χ3v) is 4.28. The summed E-state index contributed by atoms with van der Waals surface area (Å²) in [4.78, 5) is 4.59. The molecule has 0 aromatic heterocycles. The molecule has 1 atom stereocenters. The Balaban J connectivity index is 2.34. The zero-order valence-corrected chi connectivity index (χ0v) is 15.6. The third-order valence-electron chi connectivity index (χ3n) is 3.37. The van der Waals surface area contributed by atoms with Gasteiger partial charge in [0.25, 0.3) is 0 Å². The summed E-state index contributed by atoms with van der Waals surface area (Å²) < 4.78 is 27.3. The number of rotatable bonds is 10. The fourth-order valence-corrected chi connectivity index (χ4v) is 2.43. The van der Waals surface area contributed by atoms with Crippen LogP contribution in [-0.4, -0.2) is 59.2 Å². The quantitative estimate of drug-likeness (QED) is 0.377. The van der Waals surface area contributed by atoms with E-state index in [1.165, 1.54) is 11.8 Å².